The van der Waals surface area contributed by atoms with Crippen LogP contribution in [0.1, 0.15) is 19.0 Å². The maximum absolute atomic E-state index is 8.83. The summed E-state index contributed by atoms with van der Waals surface area (Å²) in [5.41, 5.74) is 3.21. The molecule has 2 N–H and O–H groups in total. The fourth-order valence-electron chi connectivity index (χ4n) is 3.75. The summed E-state index contributed by atoms with van der Waals surface area (Å²) >= 11 is 0. The van der Waals surface area contributed by atoms with Crippen molar-refractivity contribution in [2.45, 2.75) is 13.3 Å². The van der Waals surface area contributed by atoms with E-state index in [0.29, 0.717) is 11.6 Å². The SMILES string of the molecule is CCN1CCCN(c2ccc(-c3cc(Nc4cnc(C#N)cn4)n[nH]3)c(OC)c2)CC1.Cl. The maximum atomic E-state index is 8.83. The van der Waals surface area contributed by atoms with E-state index in [-0.39, 0.29) is 18.1 Å². The minimum Gasteiger partial charge on any atom is -0.496 e. The monoisotopic (exact) mass is 454 g/mol. The van der Waals surface area contributed by atoms with Crippen LogP contribution in [0.3, 0.4) is 0 Å². The highest BCUT2D eigenvalue weighted by molar-refractivity contribution is 5.85. The Bertz CT molecular complexity index is 1060. The van der Waals surface area contributed by atoms with Gasteiger partial charge in [-0.3, -0.25) is 5.10 Å². The van der Waals surface area contributed by atoms with Crippen LogP contribution in [-0.2, 0) is 0 Å². The summed E-state index contributed by atoms with van der Waals surface area (Å²) in [5, 5.41) is 19.3. The number of rotatable bonds is 6. The second kappa shape index (κ2) is 10.8. The van der Waals surface area contributed by atoms with Gasteiger partial charge in [-0.25, -0.2) is 9.97 Å². The van der Waals surface area contributed by atoms with E-state index in [1.165, 1.54) is 18.1 Å². The molecule has 3 aromatic rings. The van der Waals surface area contributed by atoms with Gasteiger partial charge < -0.3 is 19.9 Å². The summed E-state index contributed by atoms with van der Waals surface area (Å²) in [5.74, 6) is 1.91. The lowest BCUT2D eigenvalue weighted by atomic mass is 10.1. The molecule has 0 spiro atoms. The van der Waals surface area contributed by atoms with Crippen molar-refractivity contribution < 1.29 is 4.74 Å². The number of methoxy groups -OCH3 is 1. The Morgan fingerprint density at radius 2 is 2.00 bits per heavy atom. The molecule has 0 atom stereocenters. The molecule has 10 heteroatoms. The second-order valence-electron chi connectivity index (χ2n) is 7.35. The van der Waals surface area contributed by atoms with Crippen molar-refractivity contribution in [3.05, 3.63) is 42.4 Å². The van der Waals surface area contributed by atoms with Gasteiger partial charge in [-0.1, -0.05) is 6.92 Å². The van der Waals surface area contributed by atoms with E-state index in [0.717, 1.165) is 56.2 Å². The number of nitrogens with zero attached hydrogens (tertiary/aromatic N) is 6. The number of aromatic amines is 1. The average molecular weight is 455 g/mol. The van der Waals surface area contributed by atoms with E-state index < -0.39 is 0 Å². The van der Waals surface area contributed by atoms with E-state index in [1.54, 1.807) is 7.11 Å². The molecule has 1 aromatic carbocycles. The van der Waals surface area contributed by atoms with Crippen LogP contribution in [0.2, 0.25) is 0 Å². The van der Waals surface area contributed by atoms with Gasteiger partial charge in [-0.15, -0.1) is 12.4 Å². The van der Waals surface area contributed by atoms with E-state index >= 15 is 0 Å². The lowest BCUT2D eigenvalue weighted by Gasteiger charge is -2.24. The number of ether oxygens (including phenoxy) is 1. The summed E-state index contributed by atoms with van der Waals surface area (Å²) in [7, 11) is 1.69. The van der Waals surface area contributed by atoms with Crippen molar-refractivity contribution in [1.29, 1.82) is 5.26 Å². The topological polar surface area (TPSA) is 106 Å². The number of hydrogen-bond acceptors (Lipinski definition) is 8. The maximum Gasteiger partial charge on any atom is 0.158 e. The molecule has 3 heterocycles. The number of H-pyrrole nitrogens is 1. The number of halogens is 1. The molecule has 2 aromatic heterocycles. The second-order valence-corrected chi connectivity index (χ2v) is 7.35. The Kier molecular flexibility index (Phi) is 7.87. The van der Waals surface area contributed by atoms with Crippen LogP contribution < -0.4 is 15.0 Å². The summed E-state index contributed by atoms with van der Waals surface area (Å²) in [4.78, 5) is 13.1. The molecule has 0 bridgehead atoms. The number of nitrogens with one attached hydrogen (secondary N) is 2. The van der Waals surface area contributed by atoms with Gasteiger partial charge >= 0.3 is 0 Å². The molecule has 1 aliphatic heterocycles. The number of anilines is 3. The first-order valence-electron chi connectivity index (χ1n) is 10.4. The first kappa shape index (κ1) is 23.3. The van der Waals surface area contributed by atoms with Crippen LogP contribution in [0.15, 0.2) is 36.7 Å². The molecule has 32 heavy (non-hydrogen) atoms. The van der Waals surface area contributed by atoms with Crippen LogP contribution in [0.4, 0.5) is 17.3 Å². The number of nitriles is 1. The molecule has 0 unspecified atom stereocenters. The minimum atomic E-state index is 0. The molecule has 1 fully saturated rings. The van der Waals surface area contributed by atoms with E-state index in [9.17, 15) is 0 Å². The van der Waals surface area contributed by atoms with E-state index in [1.807, 2.05) is 12.1 Å². The zero-order chi connectivity index (χ0) is 21.6. The van der Waals surface area contributed by atoms with Crippen molar-refractivity contribution in [2.75, 3.05) is 50.1 Å². The smallest absolute Gasteiger partial charge is 0.158 e. The Morgan fingerprint density at radius 1 is 1.12 bits per heavy atom. The third-order valence-electron chi connectivity index (χ3n) is 5.48. The summed E-state index contributed by atoms with van der Waals surface area (Å²) < 4.78 is 5.70. The first-order valence-corrected chi connectivity index (χ1v) is 10.4. The van der Waals surface area contributed by atoms with E-state index in [4.69, 9.17) is 10.00 Å². The Balaban J connectivity index is 0.00000289. The highest BCUT2D eigenvalue weighted by Crippen LogP contribution is 2.34. The van der Waals surface area contributed by atoms with Crippen LogP contribution >= 0.6 is 12.4 Å². The van der Waals surface area contributed by atoms with E-state index in [2.05, 4.69) is 60.4 Å². The fraction of sp³-hybridized carbons (Fsp3) is 0.364. The van der Waals surface area contributed by atoms with Crippen LogP contribution in [0.5, 0.6) is 5.75 Å². The van der Waals surface area contributed by atoms with Crippen molar-refractivity contribution >= 4 is 29.7 Å². The van der Waals surface area contributed by atoms with Crippen molar-refractivity contribution in [2.24, 2.45) is 0 Å². The molecule has 1 saturated heterocycles. The highest BCUT2D eigenvalue weighted by Gasteiger charge is 2.17. The Labute approximate surface area is 193 Å². The van der Waals surface area contributed by atoms with Gasteiger partial charge in [-0.05, 0) is 31.6 Å². The quantitative estimate of drug-likeness (QED) is 0.583. The van der Waals surface area contributed by atoms with Gasteiger partial charge in [0.2, 0.25) is 0 Å². The minimum absolute atomic E-state index is 0. The Hall–Kier alpha value is -3.35. The zero-order valence-electron chi connectivity index (χ0n) is 18.2. The van der Waals surface area contributed by atoms with Crippen LogP contribution in [-0.4, -0.2) is 64.9 Å². The van der Waals surface area contributed by atoms with Gasteiger partial charge in [-0.2, -0.15) is 10.4 Å². The third kappa shape index (κ3) is 5.28. The summed E-state index contributed by atoms with van der Waals surface area (Å²) in [6.07, 6.45) is 4.08. The first-order chi connectivity index (χ1) is 15.2. The molecule has 168 valence electrons. The van der Waals surface area contributed by atoms with Gasteiger partial charge in [0.25, 0.3) is 0 Å². The fourth-order valence-corrected chi connectivity index (χ4v) is 3.75. The summed E-state index contributed by atoms with van der Waals surface area (Å²) in [6, 6.07) is 10.1. The van der Waals surface area contributed by atoms with Gasteiger partial charge in [0.1, 0.15) is 17.6 Å². The third-order valence-corrected chi connectivity index (χ3v) is 5.48. The number of benzene rings is 1. The molecule has 9 nitrogen and oxygen atoms in total. The van der Waals surface area contributed by atoms with Gasteiger partial charge in [0.05, 0.1) is 25.2 Å². The summed E-state index contributed by atoms with van der Waals surface area (Å²) in [6.45, 7) is 7.60. The number of likely N-dealkylation sites (N-methyl/N-ethyl adjacent to an activating group) is 1. The molecule has 4 rings (SSSR count). The zero-order valence-corrected chi connectivity index (χ0v) is 19.0. The number of hydrogen-bond donors (Lipinski definition) is 2. The molecule has 0 radical (unpaired) electrons. The van der Waals surface area contributed by atoms with Gasteiger partial charge in [0.15, 0.2) is 11.5 Å². The van der Waals surface area contributed by atoms with Crippen molar-refractivity contribution in [3.63, 3.8) is 0 Å². The molecule has 0 saturated carbocycles. The molecule has 0 amide bonds. The van der Waals surface area contributed by atoms with Crippen LogP contribution in [0.25, 0.3) is 11.3 Å². The predicted octanol–water partition coefficient (Wildman–Crippen LogP) is 3.44. The normalized spacial score (nSPS) is 14.2. The van der Waals surface area contributed by atoms with Crippen molar-refractivity contribution in [3.8, 4) is 23.1 Å². The Morgan fingerprint density at radius 3 is 2.72 bits per heavy atom. The molecule has 1 aliphatic rings. The largest absolute Gasteiger partial charge is 0.496 e. The molecular weight excluding hydrogens is 428 g/mol. The lowest BCUT2D eigenvalue weighted by molar-refractivity contribution is 0.310. The highest BCUT2D eigenvalue weighted by atomic mass is 35.5. The van der Waals surface area contributed by atoms with Crippen molar-refractivity contribution in [1.82, 2.24) is 25.1 Å². The number of aromatic nitrogens is 4. The molecule has 0 aliphatic carbocycles. The average Bonchev–Trinajstić information content (AvgIpc) is 3.14. The lowest BCUT2D eigenvalue weighted by Crippen LogP contribution is -2.30. The van der Waals surface area contributed by atoms with Gasteiger partial charge in [0, 0.05) is 43.0 Å². The standard InChI is InChI=1S/C22H26N8O.ClH/c1-3-29-7-4-8-30(10-9-29)17-5-6-18(20(11-17)31-2)19-12-21(28-27-19)26-22-15-24-16(13-23)14-25-22;/h5-6,11-12,14-15H,3-4,7-10H2,1-2H3,(H2,25,26,27,28);1H. The molecular formula is C22H27ClN8O. The predicted molar refractivity (Wildman–Crippen MR) is 127 cm³/mol. The van der Waals surface area contributed by atoms with Crippen LogP contribution in [0, 0.1) is 11.3 Å².